The standard InChI is InChI=1S/C67H133NO4/c1-3-5-7-9-11-13-15-17-19-21-23-25-26-27-28-29-30-31-32-33-34-35-36-37-38-39-40-42-44-46-48-50-52-54-56-58-60-62-66(71)68-64(63-69)67(72)65(70)61-59-57-55-53-51-49-47-45-43-41-24-22-20-18-16-14-12-10-8-6-4-2/h53,55,64-65,67,69-70,72H,3-52,54,56-63H2,1-2H3,(H,68,71)/b55-53+. The third kappa shape index (κ3) is 56.8. The minimum absolute atomic E-state index is 0.145. The van der Waals surface area contributed by atoms with Gasteiger partial charge in [0.25, 0.3) is 0 Å². The summed E-state index contributed by atoms with van der Waals surface area (Å²) in [5.74, 6) is -0.145. The van der Waals surface area contributed by atoms with Crippen molar-refractivity contribution in [1.82, 2.24) is 5.32 Å². The number of hydrogen-bond acceptors (Lipinski definition) is 4. The van der Waals surface area contributed by atoms with Crippen LogP contribution in [-0.4, -0.2) is 46.1 Å². The van der Waals surface area contributed by atoms with E-state index in [-0.39, 0.29) is 12.5 Å². The van der Waals surface area contributed by atoms with E-state index in [1.54, 1.807) is 0 Å². The number of carbonyl (C=O) groups is 1. The first kappa shape index (κ1) is 71.1. The van der Waals surface area contributed by atoms with Gasteiger partial charge in [0.1, 0.15) is 6.10 Å². The average molecular weight is 1020 g/mol. The molecule has 5 nitrogen and oxygen atoms in total. The van der Waals surface area contributed by atoms with E-state index in [0.717, 1.165) is 38.5 Å². The number of amides is 1. The van der Waals surface area contributed by atoms with Gasteiger partial charge in [-0.2, -0.15) is 0 Å². The molecule has 0 aliphatic heterocycles. The minimum atomic E-state index is -1.16. The first-order valence-electron chi connectivity index (χ1n) is 33.5. The number of nitrogens with one attached hydrogen (secondary N) is 1. The Labute approximate surface area is 452 Å². The number of aliphatic hydroxyl groups is 3. The molecule has 0 bridgehead atoms. The lowest BCUT2D eigenvalue weighted by Crippen LogP contribution is -2.50. The molecule has 4 N–H and O–H groups in total. The van der Waals surface area contributed by atoms with E-state index in [0.29, 0.717) is 12.8 Å². The van der Waals surface area contributed by atoms with Crippen molar-refractivity contribution >= 4 is 5.91 Å². The maximum atomic E-state index is 12.6. The number of unbranched alkanes of at least 4 members (excludes halogenated alkanes) is 53. The Morgan fingerprint density at radius 1 is 0.333 bits per heavy atom. The van der Waals surface area contributed by atoms with Crippen LogP contribution in [0.1, 0.15) is 386 Å². The van der Waals surface area contributed by atoms with Gasteiger partial charge in [0.2, 0.25) is 5.91 Å². The predicted octanol–water partition coefficient (Wildman–Crippen LogP) is 21.4. The monoisotopic (exact) mass is 1020 g/mol. The third-order valence-corrected chi connectivity index (χ3v) is 16.1. The fourth-order valence-electron chi connectivity index (χ4n) is 11.0. The van der Waals surface area contributed by atoms with Crippen LogP contribution in [0.5, 0.6) is 0 Å². The molecule has 0 saturated heterocycles. The van der Waals surface area contributed by atoms with Crippen molar-refractivity contribution in [3.63, 3.8) is 0 Å². The Kier molecular flexibility index (Phi) is 61.8. The van der Waals surface area contributed by atoms with Crippen LogP contribution in [0.3, 0.4) is 0 Å². The van der Waals surface area contributed by atoms with Crippen LogP contribution in [0.2, 0.25) is 0 Å². The molecule has 0 aromatic carbocycles. The quantitative estimate of drug-likeness (QED) is 0.0361. The minimum Gasteiger partial charge on any atom is -0.394 e. The summed E-state index contributed by atoms with van der Waals surface area (Å²) < 4.78 is 0. The van der Waals surface area contributed by atoms with Crippen molar-refractivity contribution in [2.75, 3.05) is 6.61 Å². The molecule has 0 spiro atoms. The average Bonchev–Trinajstić information content (AvgIpc) is 3.39. The van der Waals surface area contributed by atoms with Gasteiger partial charge in [0, 0.05) is 6.42 Å². The molecule has 0 aromatic rings. The summed E-state index contributed by atoms with van der Waals surface area (Å²) in [4.78, 5) is 12.6. The lowest BCUT2D eigenvalue weighted by molar-refractivity contribution is -0.124. The van der Waals surface area contributed by atoms with Crippen LogP contribution in [0.25, 0.3) is 0 Å². The molecule has 5 heteroatoms. The molecule has 1 amide bonds. The van der Waals surface area contributed by atoms with Crippen molar-refractivity contribution in [3.8, 4) is 0 Å². The molecule has 430 valence electrons. The van der Waals surface area contributed by atoms with Gasteiger partial charge < -0.3 is 20.6 Å². The van der Waals surface area contributed by atoms with Crippen molar-refractivity contribution in [2.45, 2.75) is 405 Å². The van der Waals surface area contributed by atoms with Gasteiger partial charge >= 0.3 is 0 Å². The molecule has 0 aliphatic rings. The zero-order valence-corrected chi connectivity index (χ0v) is 49.4. The number of aliphatic hydroxyl groups excluding tert-OH is 3. The van der Waals surface area contributed by atoms with Gasteiger partial charge in [-0.15, -0.1) is 0 Å². The summed E-state index contributed by atoms with van der Waals surface area (Å²) in [6.45, 7) is 4.22. The summed E-state index contributed by atoms with van der Waals surface area (Å²) in [5.41, 5.74) is 0. The van der Waals surface area contributed by atoms with Crippen molar-refractivity contribution < 1.29 is 20.1 Å². The van der Waals surface area contributed by atoms with Crippen LogP contribution in [0, 0.1) is 0 Å². The SMILES string of the molecule is CCCCCCCCCCCCCCCCCC/C=C/CCCC(O)C(O)C(CO)NC(=O)CCCCCCCCCCCCCCCCCCCCCCCCCCCCCCCCCCCCCCC. The third-order valence-electron chi connectivity index (χ3n) is 16.1. The van der Waals surface area contributed by atoms with E-state index < -0.39 is 18.2 Å². The van der Waals surface area contributed by atoms with Gasteiger partial charge in [-0.25, -0.2) is 0 Å². The number of hydrogen-bond donors (Lipinski definition) is 4. The van der Waals surface area contributed by atoms with Crippen molar-refractivity contribution in [1.29, 1.82) is 0 Å². The maximum absolute atomic E-state index is 12.6. The number of carbonyl (C=O) groups excluding carboxylic acids is 1. The van der Waals surface area contributed by atoms with E-state index in [2.05, 4.69) is 31.3 Å². The smallest absolute Gasteiger partial charge is 0.220 e. The molecule has 0 saturated carbocycles. The second-order valence-corrected chi connectivity index (χ2v) is 23.4. The summed E-state index contributed by atoms with van der Waals surface area (Å²) >= 11 is 0. The van der Waals surface area contributed by atoms with Gasteiger partial charge in [-0.1, -0.05) is 353 Å². The highest BCUT2D eigenvalue weighted by atomic mass is 16.3. The highest BCUT2D eigenvalue weighted by Gasteiger charge is 2.26. The molecule has 3 atom stereocenters. The second-order valence-electron chi connectivity index (χ2n) is 23.4. The van der Waals surface area contributed by atoms with Crippen LogP contribution in [0.15, 0.2) is 12.2 Å². The van der Waals surface area contributed by atoms with E-state index >= 15 is 0 Å². The fraction of sp³-hybridized carbons (Fsp3) is 0.955. The lowest BCUT2D eigenvalue weighted by atomic mass is 10.0. The highest BCUT2D eigenvalue weighted by Crippen LogP contribution is 2.19. The molecule has 0 rings (SSSR count). The van der Waals surface area contributed by atoms with E-state index in [9.17, 15) is 20.1 Å². The van der Waals surface area contributed by atoms with Crippen LogP contribution < -0.4 is 5.32 Å². The maximum Gasteiger partial charge on any atom is 0.220 e. The van der Waals surface area contributed by atoms with Crippen LogP contribution in [0.4, 0.5) is 0 Å². The fourth-order valence-corrected chi connectivity index (χ4v) is 11.0. The van der Waals surface area contributed by atoms with Gasteiger partial charge in [0.05, 0.1) is 18.8 Å². The zero-order valence-electron chi connectivity index (χ0n) is 49.4. The Morgan fingerprint density at radius 2 is 0.556 bits per heavy atom. The second kappa shape index (κ2) is 62.6. The molecule has 0 radical (unpaired) electrons. The normalized spacial score (nSPS) is 13.1. The summed E-state index contributed by atoms with van der Waals surface area (Å²) in [6, 6.07) is -0.823. The van der Waals surface area contributed by atoms with Crippen LogP contribution >= 0.6 is 0 Å². The van der Waals surface area contributed by atoms with E-state index in [4.69, 9.17) is 0 Å². The van der Waals surface area contributed by atoms with E-state index in [1.807, 2.05) is 0 Å². The Morgan fingerprint density at radius 3 is 0.806 bits per heavy atom. The molecule has 0 aliphatic carbocycles. The predicted molar refractivity (Wildman–Crippen MR) is 319 cm³/mol. The van der Waals surface area contributed by atoms with Gasteiger partial charge in [-0.3, -0.25) is 4.79 Å². The Hall–Kier alpha value is -0.910. The first-order chi connectivity index (χ1) is 35.6. The molecule has 0 aromatic heterocycles. The van der Waals surface area contributed by atoms with Gasteiger partial charge in [-0.05, 0) is 38.5 Å². The van der Waals surface area contributed by atoms with Crippen LogP contribution in [-0.2, 0) is 4.79 Å². The molecule has 3 unspecified atom stereocenters. The first-order valence-corrected chi connectivity index (χ1v) is 33.5. The topological polar surface area (TPSA) is 89.8 Å². The molecular weight excluding hydrogens is 883 g/mol. The largest absolute Gasteiger partial charge is 0.394 e. The molecule has 0 fully saturated rings. The molecular formula is C67H133NO4. The summed E-state index contributed by atoms with van der Waals surface area (Å²) in [6.07, 6.45) is 80.0. The van der Waals surface area contributed by atoms with E-state index in [1.165, 1.54) is 321 Å². The number of allylic oxidation sites excluding steroid dienone is 2. The lowest BCUT2D eigenvalue weighted by Gasteiger charge is -2.26. The highest BCUT2D eigenvalue weighted by molar-refractivity contribution is 5.76. The Balaban J connectivity index is 3.44. The zero-order chi connectivity index (χ0) is 52.2. The summed E-state index contributed by atoms with van der Waals surface area (Å²) in [5, 5.41) is 33.8. The summed E-state index contributed by atoms with van der Waals surface area (Å²) in [7, 11) is 0. The Bertz CT molecular complexity index is 1030. The van der Waals surface area contributed by atoms with Gasteiger partial charge in [0.15, 0.2) is 0 Å². The van der Waals surface area contributed by atoms with Crippen molar-refractivity contribution in [3.05, 3.63) is 12.2 Å². The molecule has 72 heavy (non-hydrogen) atoms. The van der Waals surface area contributed by atoms with Crippen molar-refractivity contribution in [2.24, 2.45) is 0 Å². The molecule has 0 heterocycles. The number of rotatable bonds is 63.